The third kappa shape index (κ3) is 3.93. The van der Waals surface area contributed by atoms with Crippen LogP contribution in [0.15, 0.2) is 18.2 Å². The molecule has 0 radical (unpaired) electrons. The lowest BCUT2D eigenvalue weighted by Gasteiger charge is -2.40. The van der Waals surface area contributed by atoms with Gasteiger partial charge in [0.2, 0.25) is 5.91 Å². The maximum Gasteiger partial charge on any atom is 0.318 e. The van der Waals surface area contributed by atoms with Crippen LogP contribution in [0.3, 0.4) is 0 Å². The highest BCUT2D eigenvalue weighted by Crippen LogP contribution is 2.33. The molecule has 1 heterocycles. The van der Waals surface area contributed by atoms with Gasteiger partial charge in [-0.05, 0) is 45.9 Å². The van der Waals surface area contributed by atoms with Gasteiger partial charge in [0, 0.05) is 23.7 Å². The molecule has 0 bridgehead atoms. The zero-order valence-corrected chi connectivity index (χ0v) is 15.5. The Hall–Kier alpha value is -1.95. The normalized spacial score (nSPS) is 18.6. The number of carbonyl (C=O) groups excluding carboxylic acids is 2. The Bertz CT molecular complexity index is 642. The summed E-state index contributed by atoms with van der Waals surface area (Å²) in [6.07, 6.45) is 0. The molecule has 1 aromatic carbocycles. The monoisotopic (exact) mass is 353 g/mol. The summed E-state index contributed by atoms with van der Waals surface area (Å²) < 4.78 is 5.33. The zero-order valence-electron chi connectivity index (χ0n) is 14.7. The van der Waals surface area contributed by atoms with E-state index in [0.29, 0.717) is 29.5 Å². The largest absolute Gasteiger partial charge is 0.495 e. The number of methoxy groups -OCH3 is 1. The Morgan fingerprint density at radius 3 is 2.58 bits per heavy atom. The molecule has 0 aromatic heterocycles. The number of amides is 3. The standard InChI is InChI=1S/C17H24ClN3O3/c1-11-15(22)21(13-10-12(18)6-7-14(13)24-5)9-8-20(11)16(23)19-17(2,3)4/h6-7,10-11H,8-9H2,1-5H3,(H,19,23)/t11-/m0/s1. The van der Waals surface area contributed by atoms with E-state index in [1.165, 1.54) is 0 Å². The Labute approximate surface area is 147 Å². The van der Waals surface area contributed by atoms with E-state index in [9.17, 15) is 9.59 Å². The van der Waals surface area contributed by atoms with E-state index in [-0.39, 0.29) is 17.5 Å². The van der Waals surface area contributed by atoms with Crippen LogP contribution < -0.4 is 15.0 Å². The van der Waals surface area contributed by atoms with E-state index in [1.54, 1.807) is 42.0 Å². The number of hydrogen-bond acceptors (Lipinski definition) is 3. The van der Waals surface area contributed by atoms with Gasteiger partial charge in [-0.25, -0.2) is 4.79 Å². The molecule has 1 aliphatic heterocycles. The van der Waals surface area contributed by atoms with Crippen LogP contribution in [0.5, 0.6) is 5.75 Å². The summed E-state index contributed by atoms with van der Waals surface area (Å²) in [5.41, 5.74) is 0.269. The average molecular weight is 354 g/mol. The van der Waals surface area contributed by atoms with Crippen molar-refractivity contribution in [1.29, 1.82) is 0 Å². The summed E-state index contributed by atoms with van der Waals surface area (Å²) in [5.74, 6) is 0.415. The number of ether oxygens (including phenoxy) is 1. The first-order valence-electron chi connectivity index (χ1n) is 7.88. The van der Waals surface area contributed by atoms with Crippen molar-refractivity contribution in [2.45, 2.75) is 39.3 Å². The zero-order chi connectivity index (χ0) is 18.1. The van der Waals surface area contributed by atoms with Crippen LogP contribution in [-0.4, -0.2) is 48.6 Å². The maximum absolute atomic E-state index is 12.8. The molecular formula is C17H24ClN3O3. The van der Waals surface area contributed by atoms with Crippen molar-refractivity contribution in [3.8, 4) is 5.75 Å². The summed E-state index contributed by atoms with van der Waals surface area (Å²) in [6.45, 7) is 8.27. The van der Waals surface area contributed by atoms with Crippen LogP contribution in [0.1, 0.15) is 27.7 Å². The van der Waals surface area contributed by atoms with Crippen LogP contribution in [0, 0.1) is 0 Å². The molecule has 6 nitrogen and oxygen atoms in total. The summed E-state index contributed by atoms with van der Waals surface area (Å²) in [6, 6.07) is 4.35. The first-order valence-corrected chi connectivity index (χ1v) is 8.25. The fourth-order valence-electron chi connectivity index (χ4n) is 2.65. The van der Waals surface area contributed by atoms with E-state index in [0.717, 1.165) is 0 Å². The number of urea groups is 1. The maximum atomic E-state index is 12.8. The van der Waals surface area contributed by atoms with Crippen molar-refractivity contribution < 1.29 is 14.3 Å². The predicted molar refractivity (Wildman–Crippen MR) is 94.8 cm³/mol. The minimum Gasteiger partial charge on any atom is -0.495 e. The molecule has 0 aliphatic carbocycles. The second-order valence-corrected chi connectivity index (χ2v) is 7.29. The predicted octanol–water partition coefficient (Wildman–Crippen LogP) is 2.89. The van der Waals surface area contributed by atoms with E-state index in [4.69, 9.17) is 16.3 Å². The smallest absolute Gasteiger partial charge is 0.318 e. The van der Waals surface area contributed by atoms with E-state index in [1.807, 2.05) is 20.8 Å². The van der Waals surface area contributed by atoms with Gasteiger partial charge in [-0.2, -0.15) is 0 Å². The third-order valence-electron chi connectivity index (χ3n) is 3.83. The molecule has 0 unspecified atom stereocenters. The van der Waals surface area contributed by atoms with Crippen molar-refractivity contribution >= 4 is 29.2 Å². The highest BCUT2D eigenvalue weighted by Gasteiger charge is 2.36. The Morgan fingerprint density at radius 2 is 2.00 bits per heavy atom. The minimum atomic E-state index is -0.565. The number of piperazine rings is 1. The van der Waals surface area contributed by atoms with Crippen molar-refractivity contribution in [2.24, 2.45) is 0 Å². The van der Waals surface area contributed by atoms with Crippen LogP contribution in [-0.2, 0) is 4.79 Å². The van der Waals surface area contributed by atoms with Gasteiger partial charge >= 0.3 is 6.03 Å². The lowest BCUT2D eigenvalue weighted by Crippen LogP contribution is -2.61. The van der Waals surface area contributed by atoms with Crippen molar-refractivity contribution in [3.63, 3.8) is 0 Å². The molecule has 7 heteroatoms. The number of carbonyl (C=O) groups is 2. The van der Waals surface area contributed by atoms with Crippen LogP contribution in [0.25, 0.3) is 0 Å². The molecule has 3 amide bonds. The Morgan fingerprint density at radius 1 is 1.33 bits per heavy atom. The van der Waals surface area contributed by atoms with Crippen molar-refractivity contribution in [2.75, 3.05) is 25.1 Å². The minimum absolute atomic E-state index is 0.161. The first-order chi connectivity index (χ1) is 11.1. The Kier molecular flexibility index (Phi) is 5.28. The lowest BCUT2D eigenvalue weighted by molar-refractivity contribution is -0.124. The topological polar surface area (TPSA) is 61.9 Å². The summed E-state index contributed by atoms with van der Waals surface area (Å²) in [7, 11) is 1.55. The summed E-state index contributed by atoms with van der Waals surface area (Å²) >= 11 is 6.06. The van der Waals surface area contributed by atoms with Crippen LogP contribution in [0.2, 0.25) is 5.02 Å². The highest BCUT2D eigenvalue weighted by atomic mass is 35.5. The van der Waals surface area contributed by atoms with Gasteiger partial charge in [0.1, 0.15) is 11.8 Å². The highest BCUT2D eigenvalue weighted by molar-refractivity contribution is 6.31. The molecule has 1 N–H and O–H groups in total. The van der Waals surface area contributed by atoms with E-state index >= 15 is 0 Å². The number of rotatable bonds is 2. The first kappa shape index (κ1) is 18.4. The summed E-state index contributed by atoms with van der Waals surface area (Å²) in [5, 5.41) is 3.42. The van der Waals surface area contributed by atoms with Gasteiger partial charge in [0.05, 0.1) is 12.8 Å². The molecular weight excluding hydrogens is 330 g/mol. The molecule has 1 fully saturated rings. The molecule has 132 valence electrons. The number of nitrogens with one attached hydrogen (secondary N) is 1. The van der Waals surface area contributed by atoms with Crippen molar-refractivity contribution in [1.82, 2.24) is 10.2 Å². The molecule has 1 aliphatic rings. The molecule has 0 spiro atoms. The van der Waals surface area contributed by atoms with Gasteiger partial charge in [0.15, 0.2) is 0 Å². The van der Waals surface area contributed by atoms with Gasteiger partial charge in [-0.15, -0.1) is 0 Å². The molecule has 1 atom stereocenters. The molecule has 0 saturated carbocycles. The number of anilines is 1. The van der Waals surface area contributed by atoms with Crippen LogP contribution >= 0.6 is 11.6 Å². The lowest BCUT2D eigenvalue weighted by atomic mass is 10.1. The van der Waals surface area contributed by atoms with Crippen LogP contribution in [0.4, 0.5) is 10.5 Å². The quantitative estimate of drug-likeness (QED) is 0.889. The average Bonchev–Trinajstić information content (AvgIpc) is 2.48. The fraction of sp³-hybridized carbons (Fsp3) is 0.529. The van der Waals surface area contributed by atoms with E-state index < -0.39 is 6.04 Å². The van der Waals surface area contributed by atoms with Gasteiger partial charge in [-0.3, -0.25) is 4.79 Å². The third-order valence-corrected chi connectivity index (χ3v) is 4.07. The second kappa shape index (κ2) is 6.89. The van der Waals surface area contributed by atoms with Gasteiger partial charge in [0.25, 0.3) is 0 Å². The van der Waals surface area contributed by atoms with Gasteiger partial charge < -0.3 is 19.9 Å². The molecule has 1 saturated heterocycles. The number of benzene rings is 1. The SMILES string of the molecule is COc1ccc(Cl)cc1N1CCN(C(=O)NC(C)(C)C)[C@@H](C)C1=O. The fourth-order valence-corrected chi connectivity index (χ4v) is 2.82. The molecule has 24 heavy (non-hydrogen) atoms. The number of hydrogen-bond donors (Lipinski definition) is 1. The Balaban J connectivity index is 2.21. The summed E-state index contributed by atoms with van der Waals surface area (Å²) in [4.78, 5) is 28.4. The molecule has 1 aromatic rings. The van der Waals surface area contributed by atoms with E-state index in [2.05, 4.69) is 5.32 Å². The van der Waals surface area contributed by atoms with Gasteiger partial charge in [-0.1, -0.05) is 11.6 Å². The number of halogens is 1. The molecule has 2 rings (SSSR count). The van der Waals surface area contributed by atoms with Crippen molar-refractivity contribution in [3.05, 3.63) is 23.2 Å². The number of nitrogens with zero attached hydrogens (tertiary/aromatic N) is 2. The second-order valence-electron chi connectivity index (χ2n) is 6.86.